The van der Waals surface area contributed by atoms with E-state index in [0.29, 0.717) is 16.9 Å². The van der Waals surface area contributed by atoms with Crippen molar-refractivity contribution >= 4 is 17.3 Å². The summed E-state index contributed by atoms with van der Waals surface area (Å²) in [4.78, 5) is 12.2. The third kappa shape index (κ3) is 2.87. The maximum Gasteiger partial charge on any atom is 0.278 e. The number of H-pyrrole nitrogens is 1. The number of nitrogen functional groups attached to an aromatic ring is 1. The highest BCUT2D eigenvalue weighted by Crippen LogP contribution is 2.21. The second-order valence-corrected chi connectivity index (χ2v) is 4.78. The first-order valence-corrected chi connectivity index (χ1v) is 6.72. The summed E-state index contributed by atoms with van der Waals surface area (Å²) >= 11 is 0. The predicted octanol–water partition coefficient (Wildman–Crippen LogP) is 2.38. The van der Waals surface area contributed by atoms with Crippen LogP contribution in [0.4, 0.5) is 11.4 Å². The van der Waals surface area contributed by atoms with Crippen molar-refractivity contribution in [2.24, 2.45) is 0 Å². The molecule has 0 bridgehead atoms. The minimum atomic E-state index is -0.423. The standard InChI is InChI=1S/C15H17N5O/c1-3-5-12-13(17)14(20-19-12)15(21)18-11-7-4-6-9(2)10(11)8-16/h4,6-7H,3,5,17H2,1-2H3,(H,18,21)(H,19,20). The summed E-state index contributed by atoms with van der Waals surface area (Å²) in [6, 6.07) is 7.36. The topological polar surface area (TPSA) is 108 Å². The Balaban J connectivity index is 2.27. The molecule has 2 rings (SSSR count). The zero-order valence-corrected chi connectivity index (χ0v) is 12.0. The van der Waals surface area contributed by atoms with E-state index in [1.165, 1.54) is 0 Å². The molecule has 0 unspecified atom stereocenters. The van der Waals surface area contributed by atoms with Gasteiger partial charge in [-0.2, -0.15) is 10.4 Å². The summed E-state index contributed by atoms with van der Waals surface area (Å²) in [6.07, 6.45) is 1.64. The van der Waals surface area contributed by atoms with Crippen LogP contribution in [0.1, 0.15) is 40.7 Å². The van der Waals surface area contributed by atoms with Crippen molar-refractivity contribution in [1.29, 1.82) is 5.26 Å². The molecule has 0 aliphatic heterocycles. The number of anilines is 2. The van der Waals surface area contributed by atoms with Crippen molar-refractivity contribution in [3.8, 4) is 6.07 Å². The van der Waals surface area contributed by atoms with Crippen molar-refractivity contribution in [1.82, 2.24) is 10.2 Å². The van der Waals surface area contributed by atoms with E-state index in [0.717, 1.165) is 24.1 Å². The smallest absolute Gasteiger partial charge is 0.278 e. The zero-order chi connectivity index (χ0) is 15.4. The van der Waals surface area contributed by atoms with Crippen LogP contribution in [-0.2, 0) is 6.42 Å². The molecule has 2 aromatic rings. The minimum absolute atomic E-state index is 0.156. The molecule has 0 atom stereocenters. The molecule has 0 fully saturated rings. The van der Waals surface area contributed by atoms with Crippen LogP contribution >= 0.6 is 0 Å². The molecule has 1 aromatic carbocycles. The number of carbonyl (C=O) groups excluding carboxylic acids is 1. The monoisotopic (exact) mass is 283 g/mol. The van der Waals surface area contributed by atoms with Crippen molar-refractivity contribution in [2.45, 2.75) is 26.7 Å². The summed E-state index contributed by atoms with van der Waals surface area (Å²) in [5, 5.41) is 18.6. The number of aryl methyl sites for hydroxylation is 2. The largest absolute Gasteiger partial charge is 0.395 e. The minimum Gasteiger partial charge on any atom is -0.395 e. The van der Waals surface area contributed by atoms with Crippen LogP contribution < -0.4 is 11.1 Å². The molecule has 1 aromatic heterocycles. The van der Waals surface area contributed by atoms with Gasteiger partial charge in [0.15, 0.2) is 5.69 Å². The number of amides is 1. The number of aromatic nitrogens is 2. The molecule has 0 saturated heterocycles. The Morgan fingerprint density at radius 2 is 2.29 bits per heavy atom. The van der Waals surface area contributed by atoms with Gasteiger partial charge in [-0.25, -0.2) is 0 Å². The highest BCUT2D eigenvalue weighted by atomic mass is 16.2. The SMILES string of the molecule is CCCc1[nH]nc(C(=O)Nc2cccc(C)c2C#N)c1N. The van der Waals surface area contributed by atoms with E-state index in [4.69, 9.17) is 11.0 Å². The van der Waals surface area contributed by atoms with Gasteiger partial charge in [-0.1, -0.05) is 25.5 Å². The number of nitrogens with one attached hydrogen (secondary N) is 2. The third-order valence-corrected chi connectivity index (χ3v) is 3.23. The lowest BCUT2D eigenvalue weighted by atomic mass is 10.1. The molecule has 0 aliphatic rings. The quantitative estimate of drug-likeness (QED) is 0.800. The van der Waals surface area contributed by atoms with Gasteiger partial charge in [0.2, 0.25) is 0 Å². The number of carbonyl (C=O) groups is 1. The number of nitrogens with zero attached hydrogens (tertiary/aromatic N) is 2. The van der Waals surface area contributed by atoms with Crippen LogP contribution in [0.5, 0.6) is 0 Å². The summed E-state index contributed by atoms with van der Waals surface area (Å²) in [5.74, 6) is -0.423. The molecule has 0 spiro atoms. The number of benzene rings is 1. The van der Waals surface area contributed by atoms with Gasteiger partial charge in [0.25, 0.3) is 5.91 Å². The average Bonchev–Trinajstić information content (AvgIpc) is 2.81. The number of nitriles is 1. The molecule has 0 saturated carbocycles. The molecular formula is C15H17N5O. The molecule has 4 N–H and O–H groups in total. The lowest BCUT2D eigenvalue weighted by Crippen LogP contribution is -2.15. The molecule has 1 amide bonds. The van der Waals surface area contributed by atoms with Gasteiger partial charge in [0.05, 0.1) is 22.6 Å². The Morgan fingerprint density at radius 3 is 2.95 bits per heavy atom. The highest BCUT2D eigenvalue weighted by Gasteiger charge is 2.18. The van der Waals surface area contributed by atoms with E-state index in [2.05, 4.69) is 21.6 Å². The maximum absolute atomic E-state index is 12.2. The molecule has 0 aliphatic carbocycles. The van der Waals surface area contributed by atoms with Crippen LogP contribution in [-0.4, -0.2) is 16.1 Å². The Kier molecular flexibility index (Phi) is 4.24. The summed E-state index contributed by atoms with van der Waals surface area (Å²) in [7, 11) is 0. The lowest BCUT2D eigenvalue weighted by molar-refractivity contribution is 0.102. The van der Waals surface area contributed by atoms with Crippen molar-refractivity contribution < 1.29 is 4.79 Å². The van der Waals surface area contributed by atoms with Crippen molar-refractivity contribution in [2.75, 3.05) is 11.1 Å². The van der Waals surface area contributed by atoms with Gasteiger partial charge >= 0.3 is 0 Å². The van der Waals surface area contributed by atoms with Crippen molar-refractivity contribution in [3.05, 3.63) is 40.7 Å². The van der Waals surface area contributed by atoms with Crippen LogP contribution in [0.3, 0.4) is 0 Å². The second kappa shape index (κ2) is 6.09. The van der Waals surface area contributed by atoms with Crippen LogP contribution in [0, 0.1) is 18.3 Å². The molecule has 21 heavy (non-hydrogen) atoms. The fourth-order valence-electron chi connectivity index (χ4n) is 2.10. The normalized spacial score (nSPS) is 10.1. The second-order valence-electron chi connectivity index (χ2n) is 4.78. The molecule has 0 radical (unpaired) electrons. The average molecular weight is 283 g/mol. The Labute approximate surface area is 123 Å². The van der Waals surface area contributed by atoms with Crippen molar-refractivity contribution in [3.63, 3.8) is 0 Å². The first-order valence-electron chi connectivity index (χ1n) is 6.72. The predicted molar refractivity (Wildman–Crippen MR) is 80.8 cm³/mol. The fraction of sp³-hybridized carbons (Fsp3) is 0.267. The first-order chi connectivity index (χ1) is 10.1. The van der Waals surface area contributed by atoms with E-state index in [1.807, 2.05) is 19.9 Å². The number of hydrogen-bond donors (Lipinski definition) is 3. The van der Waals surface area contributed by atoms with E-state index in [1.54, 1.807) is 12.1 Å². The van der Waals surface area contributed by atoms with Gasteiger partial charge in [-0.15, -0.1) is 0 Å². The van der Waals surface area contributed by atoms with E-state index >= 15 is 0 Å². The Morgan fingerprint density at radius 1 is 1.52 bits per heavy atom. The van der Waals surface area contributed by atoms with Gasteiger partial charge in [-0.05, 0) is 25.0 Å². The number of hydrogen-bond acceptors (Lipinski definition) is 4. The maximum atomic E-state index is 12.2. The Hall–Kier alpha value is -2.81. The zero-order valence-electron chi connectivity index (χ0n) is 12.0. The van der Waals surface area contributed by atoms with E-state index in [-0.39, 0.29) is 5.69 Å². The summed E-state index contributed by atoms with van der Waals surface area (Å²) in [6.45, 7) is 3.84. The number of aromatic amines is 1. The molecule has 6 heteroatoms. The lowest BCUT2D eigenvalue weighted by Gasteiger charge is -2.07. The van der Waals surface area contributed by atoms with Crippen LogP contribution in [0.15, 0.2) is 18.2 Å². The number of rotatable bonds is 4. The molecule has 108 valence electrons. The first kappa shape index (κ1) is 14.6. The fourth-order valence-corrected chi connectivity index (χ4v) is 2.10. The molecule has 6 nitrogen and oxygen atoms in total. The van der Waals surface area contributed by atoms with Gasteiger partial charge in [0, 0.05) is 0 Å². The van der Waals surface area contributed by atoms with E-state index < -0.39 is 5.91 Å². The number of nitrogens with two attached hydrogens (primary N) is 1. The third-order valence-electron chi connectivity index (χ3n) is 3.23. The molecule has 1 heterocycles. The summed E-state index contributed by atoms with van der Waals surface area (Å²) in [5.41, 5.74) is 8.90. The van der Waals surface area contributed by atoms with Crippen LogP contribution in [0.25, 0.3) is 0 Å². The van der Waals surface area contributed by atoms with Gasteiger partial charge in [-0.3, -0.25) is 9.89 Å². The summed E-state index contributed by atoms with van der Waals surface area (Å²) < 4.78 is 0. The van der Waals surface area contributed by atoms with Gasteiger partial charge < -0.3 is 11.1 Å². The van der Waals surface area contributed by atoms with E-state index in [9.17, 15) is 4.79 Å². The van der Waals surface area contributed by atoms with Gasteiger partial charge in [0.1, 0.15) is 6.07 Å². The highest BCUT2D eigenvalue weighted by molar-refractivity contribution is 6.07. The Bertz CT molecular complexity index is 711. The van der Waals surface area contributed by atoms with Crippen LogP contribution in [0.2, 0.25) is 0 Å². The molecular weight excluding hydrogens is 266 g/mol.